The van der Waals surface area contributed by atoms with Gasteiger partial charge in [0.15, 0.2) is 5.78 Å². The van der Waals surface area contributed by atoms with Gasteiger partial charge in [0.2, 0.25) is 0 Å². The second-order valence-electron chi connectivity index (χ2n) is 9.83. The maximum atomic E-state index is 12.2. The molecule has 3 aromatic rings. The summed E-state index contributed by atoms with van der Waals surface area (Å²) < 4.78 is 5.80. The number of aromatic carboxylic acids is 1. The van der Waals surface area contributed by atoms with Crippen molar-refractivity contribution in [3.63, 3.8) is 0 Å². The minimum absolute atomic E-state index is 0.0898. The normalized spacial score (nSPS) is 12.5. The Balaban J connectivity index is 1.67. The molecule has 0 heterocycles. The standard InChI is InChI=1S/C29H34O4/c1-6-21(22-13-14-26(19(2)15-22)33-18-27(30)29(3,4)5)9-7-20-8-10-24-17-25(28(31)32)12-11-23(24)16-20/h8,10-17,21H,6-7,9,18H2,1-5H3,(H,31,32). The first-order valence-corrected chi connectivity index (χ1v) is 11.6. The minimum atomic E-state index is -0.903. The molecule has 0 aliphatic rings. The molecule has 0 saturated carbocycles. The molecule has 33 heavy (non-hydrogen) atoms. The van der Waals surface area contributed by atoms with E-state index in [0.29, 0.717) is 11.5 Å². The Morgan fingerprint density at radius 1 is 0.970 bits per heavy atom. The second-order valence-corrected chi connectivity index (χ2v) is 9.83. The lowest BCUT2D eigenvalue weighted by Gasteiger charge is -2.19. The van der Waals surface area contributed by atoms with Gasteiger partial charge in [-0.2, -0.15) is 0 Å². The fourth-order valence-corrected chi connectivity index (χ4v) is 3.98. The first-order valence-electron chi connectivity index (χ1n) is 11.6. The average Bonchev–Trinajstić information content (AvgIpc) is 2.77. The lowest BCUT2D eigenvalue weighted by molar-refractivity contribution is -0.128. The van der Waals surface area contributed by atoms with Gasteiger partial charge in [0.05, 0.1) is 5.56 Å². The van der Waals surface area contributed by atoms with E-state index in [9.17, 15) is 14.7 Å². The number of ether oxygens (including phenoxy) is 1. The zero-order chi connectivity index (χ0) is 24.2. The molecule has 1 N–H and O–H groups in total. The summed E-state index contributed by atoms with van der Waals surface area (Å²) in [5.74, 6) is 0.381. The first-order chi connectivity index (χ1) is 15.6. The third-order valence-electron chi connectivity index (χ3n) is 6.29. The maximum Gasteiger partial charge on any atom is 0.335 e. The third-order valence-corrected chi connectivity index (χ3v) is 6.29. The van der Waals surface area contributed by atoms with Crippen LogP contribution < -0.4 is 4.74 Å². The van der Waals surface area contributed by atoms with Crippen LogP contribution in [0.5, 0.6) is 5.75 Å². The van der Waals surface area contributed by atoms with Crippen LogP contribution in [-0.4, -0.2) is 23.5 Å². The molecular weight excluding hydrogens is 412 g/mol. The third kappa shape index (κ3) is 6.22. The molecule has 174 valence electrons. The van der Waals surface area contributed by atoms with Crippen molar-refractivity contribution in [2.24, 2.45) is 5.41 Å². The van der Waals surface area contributed by atoms with Gasteiger partial charge in [0.25, 0.3) is 0 Å². The Morgan fingerprint density at radius 3 is 2.30 bits per heavy atom. The van der Waals surface area contributed by atoms with Crippen molar-refractivity contribution >= 4 is 22.5 Å². The highest BCUT2D eigenvalue weighted by atomic mass is 16.5. The lowest BCUT2D eigenvalue weighted by Crippen LogP contribution is -2.26. The summed E-state index contributed by atoms with van der Waals surface area (Å²) in [7, 11) is 0. The van der Waals surface area contributed by atoms with Crippen LogP contribution in [0.15, 0.2) is 54.6 Å². The topological polar surface area (TPSA) is 63.6 Å². The van der Waals surface area contributed by atoms with Gasteiger partial charge >= 0.3 is 5.97 Å². The molecule has 4 heteroatoms. The summed E-state index contributed by atoms with van der Waals surface area (Å²) in [6, 6.07) is 17.8. The maximum absolute atomic E-state index is 12.2. The Bertz CT molecular complexity index is 1150. The zero-order valence-electron chi connectivity index (χ0n) is 20.3. The monoisotopic (exact) mass is 446 g/mol. The number of rotatable bonds is 9. The second kappa shape index (κ2) is 10.2. The molecule has 0 saturated heterocycles. The van der Waals surface area contributed by atoms with Gasteiger partial charge in [-0.1, -0.05) is 64.1 Å². The molecule has 3 rings (SSSR count). The SMILES string of the molecule is CCC(CCc1ccc2cc(C(=O)O)ccc2c1)c1ccc(OCC(=O)C(C)(C)C)c(C)c1. The number of carbonyl (C=O) groups excluding carboxylic acids is 1. The van der Waals surface area contributed by atoms with E-state index in [1.807, 2.05) is 45.9 Å². The van der Waals surface area contributed by atoms with Crippen molar-refractivity contribution in [3.05, 3.63) is 76.9 Å². The Labute approximate surface area is 196 Å². The van der Waals surface area contributed by atoms with Crippen LogP contribution in [0, 0.1) is 12.3 Å². The van der Waals surface area contributed by atoms with E-state index >= 15 is 0 Å². The number of carbonyl (C=O) groups is 2. The van der Waals surface area contributed by atoms with Crippen molar-refractivity contribution in [3.8, 4) is 5.75 Å². The van der Waals surface area contributed by atoms with Crippen LogP contribution >= 0.6 is 0 Å². The van der Waals surface area contributed by atoms with Crippen LogP contribution in [0.3, 0.4) is 0 Å². The van der Waals surface area contributed by atoms with Gasteiger partial charge < -0.3 is 9.84 Å². The van der Waals surface area contributed by atoms with Crippen LogP contribution in [0.25, 0.3) is 10.8 Å². The summed E-state index contributed by atoms with van der Waals surface area (Å²) >= 11 is 0. The molecule has 0 aliphatic carbocycles. The van der Waals surface area contributed by atoms with Gasteiger partial charge in [0, 0.05) is 5.41 Å². The largest absolute Gasteiger partial charge is 0.486 e. The molecule has 0 aromatic heterocycles. The highest BCUT2D eigenvalue weighted by molar-refractivity contribution is 5.94. The molecule has 4 nitrogen and oxygen atoms in total. The summed E-state index contributed by atoms with van der Waals surface area (Å²) in [5.41, 5.74) is 3.50. The number of hydrogen-bond acceptors (Lipinski definition) is 3. The van der Waals surface area contributed by atoms with Crippen LogP contribution in [0.4, 0.5) is 0 Å². The summed E-state index contributed by atoms with van der Waals surface area (Å²) in [4.78, 5) is 23.4. The van der Waals surface area contributed by atoms with E-state index in [0.717, 1.165) is 41.3 Å². The molecule has 3 aromatic carbocycles. The molecule has 0 radical (unpaired) electrons. The predicted octanol–water partition coefficient (Wildman–Crippen LogP) is 6.97. The lowest BCUT2D eigenvalue weighted by atomic mass is 9.89. The van der Waals surface area contributed by atoms with Crippen molar-refractivity contribution in [1.29, 1.82) is 0 Å². The predicted molar refractivity (Wildman–Crippen MR) is 133 cm³/mol. The molecule has 0 spiro atoms. The Kier molecular flexibility index (Phi) is 7.57. The van der Waals surface area contributed by atoms with Gasteiger partial charge in [-0.3, -0.25) is 4.79 Å². The number of carboxylic acid groups (broad SMARTS) is 1. The number of hydrogen-bond donors (Lipinski definition) is 1. The zero-order valence-corrected chi connectivity index (χ0v) is 20.3. The van der Waals surface area contributed by atoms with Crippen LogP contribution in [0.2, 0.25) is 0 Å². The molecular formula is C29H34O4. The molecule has 0 bridgehead atoms. The van der Waals surface area contributed by atoms with E-state index in [-0.39, 0.29) is 12.4 Å². The number of fused-ring (bicyclic) bond motifs is 1. The number of carboxylic acids is 1. The van der Waals surface area contributed by atoms with E-state index < -0.39 is 11.4 Å². The van der Waals surface area contributed by atoms with E-state index in [1.54, 1.807) is 12.1 Å². The quantitative estimate of drug-likeness (QED) is 0.386. The molecule has 1 unspecified atom stereocenters. The number of Topliss-reactive ketones (excluding diaryl/α,β-unsaturated/α-hetero) is 1. The van der Waals surface area contributed by atoms with Gasteiger partial charge in [-0.05, 0) is 77.8 Å². The average molecular weight is 447 g/mol. The molecule has 1 atom stereocenters. The fourth-order valence-electron chi connectivity index (χ4n) is 3.98. The summed E-state index contributed by atoms with van der Waals surface area (Å²) in [5, 5.41) is 11.2. The smallest absolute Gasteiger partial charge is 0.335 e. The van der Waals surface area contributed by atoms with Crippen molar-refractivity contribution in [2.75, 3.05) is 6.61 Å². The highest BCUT2D eigenvalue weighted by Crippen LogP contribution is 2.30. The van der Waals surface area contributed by atoms with Gasteiger partial charge in [0.1, 0.15) is 12.4 Å². The fraction of sp³-hybridized carbons (Fsp3) is 0.379. The highest BCUT2D eigenvalue weighted by Gasteiger charge is 2.22. The molecule has 0 aliphatic heterocycles. The Hall–Kier alpha value is -3.14. The molecule has 0 fully saturated rings. The van der Waals surface area contributed by atoms with Crippen LogP contribution in [0.1, 0.15) is 73.5 Å². The van der Waals surface area contributed by atoms with Crippen LogP contribution in [-0.2, 0) is 11.2 Å². The minimum Gasteiger partial charge on any atom is -0.486 e. The summed E-state index contributed by atoms with van der Waals surface area (Å²) in [6.45, 7) is 10.1. The Morgan fingerprint density at radius 2 is 1.67 bits per heavy atom. The van der Waals surface area contributed by atoms with E-state index in [4.69, 9.17) is 4.74 Å². The van der Waals surface area contributed by atoms with Crippen molar-refractivity contribution in [1.82, 2.24) is 0 Å². The molecule has 0 amide bonds. The van der Waals surface area contributed by atoms with Gasteiger partial charge in [-0.15, -0.1) is 0 Å². The van der Waals surface area contributed by atoms with Crippen molar-refractivity contribution < 1.29 is 19.4 Å². The first kappa shape index (κ1) is 24.5. The van der Waals surface area contributed by atoms with Crippen molar-refractivity contribution in [2.45, 2.75) is 59.8 Å². The number of benzene rings is 3. The van der Waals surface area contributed by atoms with E-state index in [2.05, 4.69) is 31.2 Å². The number of aryl methyl sites for hydroxylation is 2. The van der Waals surface area contributed by atoms with E-state index in [1.165, 1.54) is 11.1 Å². The summed E-state index contributed by atoms with van der Waals surface area (Å²) in [6.07, 6.45) is 3.02. The van der Waals surface area contributed by atoms with Gasteiger partial charge in [-0.25, -0.2) is 4.79 Å². The number of ketones is 1.